The Labute approximate surface area is 191 Å². The van der Waals surface area contributed by atoms with Crippen molar-refractivity contribution in [3.05, 3.63) is 101 Å². The van der Waals surface area contributed by atoms with Gasteiger partial charge in [0.15, 0.2) is 0 Å². The minimum absolute atomic E-state index is 0.0558. The number of aryl methyl sites for hydroxylation is 2. The first kappa shape index (κ1) is 22.2. The Balaban J connectivity index is 1.43. The fourth-order valence-electron chi connectivity index (χ4n) is 4.72. The zero-order valence-electron chi connectivity index (χ0n) is 18.9. The van der Waals surface area contributed by atoms with Gasteiger partial charge in [0.1, 0.15) is 0 Å². The van der Waals surface area contributed by atoms with Gasteiger partial charge in [0.05, 0.1) is 11.7 Å². The number of aromatic nitrogens is 1. The lowest BCUT2D eigenvalue weighted by molar-refractivity contribution is -0.122. The molecule has 1 aliphatic rings. The van der Waals surface area contributed by atoms with Crippen LogP contribution >= 0.6 is 0 Å². The summed E-state index contributed by atoms with van der Waals surface area (Å²) < 4.78 is 0. The zero-order valence-corrected chi connectivity index (χ0v) is 18.9. The van der Waals surface area contributed by atoms with Crippen LogP contribution in [0.15, 0.2) is 79.0 Å². The number of rotatable bonds is 8. The molecule has 1 amide bonds. The summed E-state index contributed by atoms with van der Waals surface area (Å²) in [4.78, 5) is 20.0. The van der Waals surface area contributed by atoms with E-state index in [1.165, 1.54) is 16.7 Å². The number of carbonyl (C=O) groups excluding carboxylic acids is 1. The summed E-state index contributed by atoms with van der Waals surface area (Å²) in [6.07, 6.45) is 5.31. The van der Waals surface area contributed by atoms with Crippen LogP contribution in [-0.2, 0) is 17.8 Å². The van der Waals surface area contributed by atoms with E-state index in [1.807, 2.05) is 42.6 Å². The summed E-state index contributed by atoms with van der Waals surface area (Å²) in [6, 6.07) is 24.9. The van der Waals surface area contributed by atoms with Crippen molar-refractivity contribution in [2.45, 2.75) is 45.2 Å². The van der Waals surface area contributed by atoms with E-state index in [2.05, 4.69) is 58.5 Å². The molecule has 0 radical (unpaired) electrons. The summed E-state index contributed by atoms with van der Waals surface area (Å²) in [5.41, 5.74) is 4.81. The largest absolute Gasteiger partial charge is 0.347 e. The van der Waals surface area contributed by atoms with Gasteiger partial charge in [-0.3, -0.25) is 14.7 Å². The lowest BCUT2D eigenvalue weighted by Crippen LogP contribution is -2.43. The maximum Gasteiger partial charge on any atom is 0.220 e. The van der Waals surface area contributed by atoms with Crippen molar-refractivity contribution in [3.8, 4) is 0 Å². The molecule has 1 aliphatic heterocycles. The van der Waals surface area contributed by atoms with Gasteiger partial charge in [0, 0.05) is 25.7 Å². The Hall–Kier alpha value is -2.98. The average Bonchev–Trinajstić information content (AvgIpc) is 2.83. The zero-order chi connectivity index (χ0) is 22.2. The average molecular weight is 428 g/mol. The molecule has 0 aliphatic carbocycles. The minimum Gasteiger partial charge on any atom is -0.347 e. The predicted molar refractivity (Wildman–Crippen MR) is 129 cm³/mol. The van der Waals surface area contributed by atoms with Crippen molar-refractivity contribution in [1.82, 2.24) is 15.2 Å². The third-order valence-corrected chi connectivity index (χ3v) is 6.31. The first-order valence-corrected chi connectivity index (χ1v) is 11.7. The maximum absolute atomic E-state index is 12.9. The molecule has 1 aromatic heterocycles. The molecule has 1 N–H and O–H groups in total. The number of nitrogens with zero attached hydrogens (tertiary/aromatic N) is 2. The van der Waals surface area contributed by atoms with Crippen LogP contribution in [0.2, 0.25) is 0 Å². The molecule has 2 heterocycles. The number of hydrogen-bond acceptors (Lipinski definition) is 3. The topological polar surface area (TPSA) is 45.2 Å². The standard InChI is InChI=1S/C28H33N3O/c1-22-9-7-12-24(19-22)20-31-18-8-13-25(21-31)28(26-14-5-6-17-29-26)30-27(32)16-15-23-10-3-2-4-11-23/h2-7,9-12,14,17,19,25,28H,8,13,15-16,18,20-21H2,1H3,(H,30,32)/t25-,28-/m1/s1. The quantitative estimate of drug-likeness (QED) is 0.544. The van der Waals surface area contributed by atoms with Crippen LogP contribution < -0.4 is 5.32 Å². The number of carbonyl (C=O) groups is 1. The van der Waals surface area contributed by atoms with E-state index >= 15 is 0 Å². The highest BCUT2D eigenvalue weighted by molar-refractivity contribution is 5.76. The third kappa shape index (κ3) is 6.27. The summed E-state index contributed by atoms with van der Waals surface area (Å²) in [5, 5.41) is 3.34. The van der Waals surface area contributed by atoms with Crippen molar-refractivity contribution in [2.24, 2.45) is 5.92 Å². The minimum atomic E-state index is -0.0558. The van der Waals surface area contributed by atoms with Crippen molar-refractivity contribution < 1.29 is 4.79 Å². The van der Waals surface area contributed by atoms with Gasteiger partial charge in [0.2, 0.25) is 5.91 Å². The van der Waals surface area contributed by atoms with Crippen LogP contribution in [0.25, 0.3) is 0 Å². The highest BCUT2D eigenvalue weighted by Crippen LogP contribution is 2.30. The second kappa shape index (κ2) is 11.1. The molecule has 0 unspecified atom stereocenters. The molecule has 166 valence electrons. The normalized spacial score (nSPS) is 17.6. The molecule has 32 heavy (non-hydrogen) atoms. The van der Waals surface area contributed by atoms with Crippen molar-refractivity contribution in [2.75, 3.05) is 13.1 Å². The van der Waals surface area contributed by atoms with Gasteiger partial charge in [-0.25, -0.2) is 0 Å². The molecule has 4 nitrogen and oxygen atoms in total. The van der Waals surface area contributed by atoms with Gasteiger partial charge in [-0.1, -0.05) is 66.2 Å². The maximum atomic E-state index is 12.9. The molecular formula is C28H33N3O. The Kier molecular flexibility index (Phi) is 7.68. The molecule has 4 rings (SSSR count). The van der Waals surface area contributed by atoms with Crippen LogP contribution in [0.3, 0.4) is 0 Å². The molecule has 0 saturated carbocycles. The van der Waals surface area contributed by atoms with Crippen LogP contribution in [0.4, 0.5) is 0 Å². The van der Waals surface area contributed by atoms with E-state index < -0.39 is 0 Å². The van der Waals surface area contributed by atoms with E-state index in [9.17, 15) is 4.79 Å². The molecular weight excluding hydrogens is 394 g/mol. The van der Waals surface area contributed by atoms with E-state index in [0.717, 1.165) is 44.6 Å². The Morgan fingerprint density at radius 3 is 2.66 bits per heavy atom. The van der Waals surface area contributed by atoms with Crippen LogP contribution in [0.1, 0.15) is 47.7 Å². The molecule has 0 spiro atoms. The Morgan fingerprint density at radius 1 is 1.06 bits per heavy atom. The SMILES string of the molecule is Cc1cccc(CN2CCC[C@@H]([C@@H](NC(=O)CCc3ccccc3)c3ccccn3)C2)c1. The van der Waals surface area contributed by atoms with Gasteiger partial charge in [-0.2, -0.15) is 0 Å². The van der Waals surface area contributed by atoms with Gasteiger partial charge in [0.25, 0.3) is 0 Å². The lowest BCUT2D eigenvalue weighted by Gasteiger charge is -2.37. The number of nitrogens with one attached hydrogen (secondary N) is 1. The Bertz CT molecular complexity index is 990. The highest BCUT2D eigenvalue weighted by Gasteiger charge is 2.30. The second-order valence-corrected chi connectivity index (χ2v) is 8.91. The lowest BCUT2D eigenvalue weighted by atomic mass is 9.88. The smallest absolute Gasteiger partial charge is 0.220 e. The summed E-state index contributed by atoms with van der Waals surface area (Å²) in [6.45, 7) is 5.16. The molecule has 4 heteroatoms. The number of hydrogen-bond donors (Lipinski definition) is 1. The van der Waals surface area contributed by atoms with Gasteiger partial charge >= 0.3 is 0 Å². The third-order valence-electron chi connectivity index (χ3n) is 6.31. The monoisotopic (exact) mass is 427 g/mol. The van der Waals surface area contributed by atoms with E-state index in [4.69, 9.17) is 0 Å². The van der Waals surface area contributed by atoms with Gasteiger partial charge < -0.3 is 5.32 Å². The second-order valence-electron chi connectivity index (χ2n) is 8.91. The van der Waals surface area contributed by atoms with Crippen molar-refractivity contribution >= 4 is 5.91 Å². The first-order valence-electron chi connectivity index (χ1n) is 11.7. The highest BCUT2D eigenvalue weighted by atomic mass is 16.1. The fraction of sp³-hybridized carbons (Fsp3) is 0.357. The molecule has 1 saturated heterocycles. The van der Waals surface area contributed by atoms with Gasteiger partial charge in [-0.05, 0) is 61.9 Å². The number of likely N-dealkylation sites (tertiary alicyclic amines) is 1. The predicted octanol–water partition coefficient (Wildman–Crippen LogP) is 5.09. The molecule has 2 atom stereocenters. The molecule has 1 fully saturated rings. The molecule has 3 aromatic rings. The van der Waals surface area contributed by atoms with Crippen molar-refractivity contribution in [3.63, 3.8) is 0 Å². The number of pyridine rings is 1. The van der Waals surface area contributed by atoms with Gasteiger partial charge in [-0.15, -0.1) is 0 Å². The number of piperidine rings is 1. The number of benzene rings is 2. The van der Waals surface area contributed by atoms with E-state index in [-0.39, 0.29) is 11.9 Å². The number of amides is 1. The van der Waals surface area contributed by atoms with E-state index in [0.29, 0.717) is 12.3 Å². The van der Waals surface area contributed by atoms with Crippen LogP contribution in [-0.4, -0.2) is 28.9 Å². The summed E-state index contributed by atoms with van der Waals surface area (Å²) in [5.74, 6) is 0.449. The van der Waals surface area contributed by atoms with Crippen LogP contribution in [0.5, 0.6) is 0 Å². The first-order chi connectivity index (χ1) is 15.7. The van der Waals surface area contributed by atoms with Crippen LogP contribution in [0, 0.1) is 12.8 Å². The van der Waals surface area contributed by atoms with Crippen molar-refractivity contribution in [1.29, 1.82) is 0 Å². The molecule has 0 bridgehead atoms. The van der Waals surface area contributed by atoms with E-state index in [1.54, 1.807) is 0 Å². The Morgan fingerprint density at radius 2 is 1.88 bits per heavy atom. The molecule has 2 aromatic carbocycles. The summed E-state index contributed by atoms with van der Waals surface area (Å²) in [7, 11) is 0. The summed E-state index contributed by atoms with van der Waals surface area (Å²) >= 11 is 0. The fourth-order valence-corrected chi connectivity index (χ4v) is 4.72.